The van der Waals surface area contributed by atoms with Gasteiger partial charge in [-0.25, -0.2) is 0 Å². The molecule has 0 atom stereocenters. The number of H-pyrrole nitrogens is 1. The Hall–Kier alpha value is -3.37. The van der Waals surface area contributed by atoms with E-state index in [9.17, 15) is 4.79 Å². The lowest BCUT2D eigenvalue weighted by molar-refractivity contribution is 0.249. The number of benzene rings is 1. The van der Waals surface area contributed by atoms with Crippen LogP contribution in [0.1, 0.15) is 23.6 Å². The number of piperazine rings is 1. The van der Waals surface area contributed by atoms with Gasteiger partial charge in [-0.05, 0) is 36.2 Å². The Morgan fingerprint density at radius 2 is 2.00 bits per heavy atom. The second-order valence-corrected chi connectivity index (χ2v) is 7.52. The third-order valence-corrected chi connectivity index (χ3v) is 5.63. The first kappa shape index (κ1) is 19.9. The molecule has 0 saturated carbocycles. The molecule has 1 aliphatic heterocycles. The third kappa shape index (κ3) is 4.00. The summed E-state index contributed by atoms with van der Waals surface area (Å²) in [5.74, 6) is 0.733. The topological polar surface area (TPSA) is 85.2 Å². The van der Waals surface area contributed by atoms with Crippen LogP contribution in [-0.2, 0) is 13.0 Å². The van der Waals surface area contributed by atoms with Crippen LogP contribution >= 0.6 is 0 Å². The molecule has 1 aromatic carbocycles. The Labute approximate surface area is 175 Å². The number of aromatic amines is 1. The van der Waals surface area contributed by atoms with Crippen molar-refractivity contribution in [1.82, 2.24) is 14.9 Å². The predicted octanol–water partition coefficient (Wildman–Crippen LogP) is 2.69. The summed E-state index contributed by atoms with van der Waals surface area (Å²) < 4.78 is 5.49. The van der Waals surface area contributed by atoms with Crippen molar-refractivity contribution in [3.8, 4) is 11.8 Å². The van der Waals surface area contributed by atoms with E-state index >= 15 is 0 Å². The van der Waals surface area contributed by atoms with E-state index in [1.165, 1.54) is 0 Å². The minimum Gasteiger partial charge on any atom is -0.495 e. The second-order valence-electron chi connectivity index (χ2n) is 7.52. The van der Waals surface area contributed by atoms with Gasteiger partial charge < -0.3 is 14.6 Å². The second kappa shape index (κ2) is 8.56. The Balaban J connectivity index is 1.44. The van der Waals surface area contributed by atoms with Crippen molar-refractivity contribution in [3.63, 3.8) is 0 Å². The number of nitriles is 1. The van der Waals surface area contributed by atoms with Gasteiger partial charge in [0.2, 0.25) is 0 Å². The standard InChI is InChI=1S/C23H25N5O2/c1-3-18-12-19-20(26-23(18)29)10-17(14-25-19)15-27-6-8-28(9-7-27)21-5-4-16(13-24)11-22(21)30-2/h4-5,10-12,14H,3,6-9,15H2,1-2H3,(H,26,29). The number of hydrogen-bond donors (Lipinski definition) is 1. The van der Waals surface area contributed by atoms with Crippen molar-refractivity contribution in [3.05, 3.63) is 63.6 Å². The Morgan fingerprint density at radius 3 is 2.70 bits per heavy atom. The zero-order chi connectivity index (χ0) is 21.1. The summed E-state index contributed by atoms with van der Waals surface area (Å²) in [5, 5.41) is 9.09. The lowest BCUT2D eigenvalue weighted by Crippen LogP contribution is -2.46. The van der Waals surface area contributed by atoms with E-state index in [0.29, 0.717) is 12.0 Å². The summed E-state index contributed by atoms with van der Waals surface area (Å²) in [5.41, 5.74) is 5.05. The molecule has 7 nitrogen and oxygen atoms in total. The molecule has 1 aliphatic rings. The van der Waals surface area contributed by atoms with Crippen molar-refractivity contribution in [1.29, 1.82) is 5.26 Å². The molecule has 1 saturated heterocycles. The summed E-state index contributed by atoms with van der Waals surface area (Å²) in [4.78, 5) is 24.3. The molecule has 3 aromatic rings. The van der Waals surface area contributed by atoms with Gasteiger partial charge in [0.1, 0.15) is 5.75 Å². The highest BCUT2D eigenvalue weighted by Gasteiger charge is 2.20. The molecule has 0 bridgehead atoms. The molecule has 0 radical (unpaired) electrons. The molecule has 0 spiro atoms. The van der Waals surface area contributed by atoms with Crippen LogP contribution in [0.5, 0.6) is 5.75 Å². The number of aryl methyl sites for hydroxylation is 1. The molecule has 0 amide bonds. The number of pyridine rings is 2. The van der Waals surface area contributed by atoms with Gasteiger partial charge in [0, 0.05) is 50.6 Å². The van der Waals surface area contributed by atoms with Crippen LogP contribution in [0.4, 0.5) is 5.69 Å². The molecule has 154 valence electrons. The highest BCUT2D eigenvalue weighted by Crippen LogP contribution is 2.30. The van der Waals surface area contributed by atoms with Crippen molar-refractivity contribution < 1.29 is 4.74 Å². The molecule has 1 fully saturated rings. The fraction of sp³-hybridized carbons (Fsp3) is 0.348. The van der Waals surface area contributed by atoms with Gasteiger partial charge in [-0.2, -0.15) is 5.26 Å². The van der Waals surface area contributed by atoms with Gasteiger partial charge in [0.25, 0.3) is 5.56 Å². The number of nitrogens with zero attached hydrogens (tertiary/aromatic N) is 4. The Kier molecular flexibility index (Phi) is 5.68. The maximum absolute atomic E-state index is 12.1. The molecular formula is C23H25N5O2. The van der Waals surface area contributed by atoms with E-state index < -0.39 is 0 Å². The molecule has 1 N–H and O–H groups in total. The van der Waals surface area contributed by atoms with Crippen LogP contribution in [-0.4, -0.2) is 48.2 Å². The quantitative estimate of drug-likeness (QED) is 0.705. The van der Waals surface area contributed by atoms with Gasteiger partial charge in [-0.3, -0.25) is 14.7 Å². The molecule has 2 aromatic heterocycles. The number of rotatable bonds is 5. The van der Waals surface area contributed by atoms with Crippen molar-refractivity contribution in [2.75, 3.05) is 38.2 Å². The molecule has 0 aliphatic carbocycles. The van der Waals surface area contributed by atoms with Crippen LogP contribution < -0.4 is 15.2 Å². The zero-order valence-electron chi connectivity index (χ0n) is 17.3. The van der Waals surface area contributed by atoms with Gasteiger partial charge >= 0.3 is 0 Å². The van der Waals surface area contributed by atoms with Crippen molar-refractivity contribution in [2.24, 2.45) is 0 Å². The average Bonchev–Trinajstić information content (AvgIpc) is 2.78. The van der Waals surface area contributed by atoms with E-state index in [4.69, 9.17) is 10.00 Å². The SMILES string of the molecule is CCc1cc2ncc(CN3CCN(c4ccc(C#N)cc4OC)CC3)cc2[nH]c1=O. The lowest BCUT2D eigenvalue weighted by atomic mass is 10.1. The number of fused-ring (bicyclic) bond motifs is 1. The highest BCUT2D eigenvalue weighted by molar-refractivity contribution is 5.74. The minimum absolute atomic E-state index is 0.0334. The van der Waals surface area contributed by atoms with E-state index in [2.05, 4.69) is 25.8 Å². The summed E-state index contributed by atoms with van der Waals surface area (Å²) in [6.07, 6.45) is 2.60. The Morgan fingerprint density at radius 1 is 1.20 bits per heavy atom. The zero-order valence-corrected chi connectivity index (χ0v) is 17.3. The first-order chi connectivity index (χ1) is 14.6. The van der Waals surface area contributed by atoms with Crippen LogP contribution in [0.3, 0.4) is 0 Å². The monoisotopic (exact) mass is 403 g/mol. The van der Waals surface area contributed by atoms with Gasteiger partial charge in [0.15, 0.2) is 0 Å². The predicted molar refractivity (Wildman–Crippen MR) is 117 cm³/mol. The average molecular weight is 403 g/mol. The summed E-state index contributed by atoms with van der Waals surface area (Å²) in [6, 6.07) is 11.6. The van der Waals surface area contributed by atoms with Gasteiger partial charge in [-0.15, -0.1) is 0 Å². The van der Waals surface area contributed by atoms with Crippen molar-refractivity contribution >= 4 is 16.7 Å². The summed E-state index contributed by atoms with van der Waals surface area (Å²) in [6.45, 7) is 6.33. The highest BCUT2D eigenvalue weighted by atomic mass is 16.5. The molecule has 3 heterocycles. The number of nitrogens with one attached hydrogen (secondary N) is 1. The summed E-state index contributed by atoms with van der Waals surface area (Å²) in [7, 11) is 1.64. The first-order valence-electron chi connectivity index (χ1n) is 10.2. The number of hydrogen-bond acceptors (Lipinski definition) is 6. The third-order valence-electron chi connectivity index (χ3n) is 5.63. The number of methoxy groups -OCH3 is 1. The van der Waals surface area contributed by atoms with Gasteiger partial charge in [-0.1, -0.05) is 6.92 Å². The maximum atomic E-state index is 12.1. The van der Waals surface area contributed by atoms with Crippen LogP contribution in [0.2, 0.25) is 0 Å². The molecule has 0 unspecified atom stereocenters. The van der Waals surface area contributed by atoms with E-state index in [-0.39, 0.29) is 5.56 Å². The number of aromatic nitrogens is 2. The van der Waals surface area contributed by atoms with Crippen LogP contribution in [0.15, 0.2) is 41.3 Å². The van der Waals surface area contributed by atoms with Crippen LogP contribution in [0, 0.1) is 11.3 Å². The van der Waals surface area contributed by atoms with Crippen LogP contribution in [0.25, 0.3) is 11.0 Å². The maximum Gasteiger partial charge on any atom is 0.251 e. The molecule has 4 rings (SSSR count). The minimum atomic E-state index is -0.0334. The van der Waals surface area contributed by atoms with E-state index in [1.807, 2.05) is 37.4 Å². The lowest BCUT2D eigenvalue weighted by Gasteiger charge is -2.36. The van der Waals surface area contributed by atoms with Gasteiger partial charge in [0.05, 0.1) is 35.5 Å². The molecular weight excluding hydrogens is 378 g/mol. The fourth-order valence-electron chi connectivity index (χ4n) is 3.93. The number of ether oxygens (including phenoxy) is 1. The first-order valence-corrected chi connectivity index (χ1v) is 10.2. The number of anilines is 1. The molecule has 7 heteroatoms. The smallest absolute Gasteiger partial charge is 0.251 e. The summed E-state index contributed by atoms with van der Waals surface area (Å²) >= 11 is 0. The normalized spacial score (nSPS) is 14.6. The van der Waals surface area contributed by atoms with Crippen molar-refractivity contribution in [2.45, 2.75) is 19.9 Å². The largest absolute Gasteiger partial charge is 0.495 e. The van der Waals surface area contributed by atoms with E-state index in [1.54, 1.807) is 13.2 Å². The fourth-order valence-corrected chi connectivity index (χ4v) is 3.93. The Bertz CT molecular complexity index is 1160. The van der Waals surface area contributed by atoms with E-state index in [0.717, 1.165) is 66.3 Å². The molecule has 30 heavy (non-hydrogen) atoms.